The van der Waals surface area contributed by atoms with Crippen molar-refractivity contribution in [1.82, 2.24) is 9.88 Å². The number of aromatic nitrogens is 1. The molecule has 0 unspecified atom stereocenters. The van der Waals surface area contributed by atoms with Crippen LogP contribution in [0.25, 0.3) is 11.5 Å². The smallest absolute Gasteiger partial charge is 0.377 e. The van der Waals surface area contributed by atoms with Crippen LogP contribution in [0.15, 0.2) is 34.9 Å². The number of rotatable bonds is 5. The van der Waals surface area contributed by atoms with E-state index in [1.165, 1.54) is 24.3 Å². The van der Waals surface area contributed by atoms with Crippen LogP contribution < -0.4 is 0 Å². The molecule has 2 heterocycles. The Morgan fingerprint density at radius 2 is 1.92 bits per heavy atom. The lowest BCUT2D eigenvalue weighted by Crippen LogP contribution is -2.74. The van der Waals surface area contributed by atoms with Crippen molar-refractivity contribution < 1.29 is 37.0 Å². The Kier molecular flexibility index (Phi) is 4.23. The first-order valence-electron chi connectivity index (χ1n) is 7.37. The number of likely N-dealkylation sites (tertiary alicyclic amines) is 1. The van der Waals surface area contributed by atoms with Crippen molar-refractivity contribution in [2.75, 3.05) is 20.2 Å². The summed E-state index contributed by atoms with van der Waals surface area (Å²) in [4.78, 5) is 28.0. The quantitative estimate of drug-likeness (QED) is 0.866. The molecule has 1 aliphatic rings. The Bertz CT molecular complexity index is 844. The van der Waals surface area contributed by atoms with Gasteiger partial charge in [0.15, 0.2) is 11.3 Å². The minimum absolute atomic E-state index is 0.0581. The van der Waals surface area contributed by atoms with Crippen molar-refractivity contribution in [1.29, 1.82) is 0 Å². The van der Waals surface area contributed by atoms with Gasteiger partial charge in [0.1, 0.15) is 12.1 Å². The standard InChI is InChI=1S/C16H13F3N2O5/c1-25-15(16(18,19)14(23)24)7-21(8-15)13(22)11-6-26-12(20-11)9-2-4-10(17)5-3-9/h2-6H,7-8H2,1H3,(H,23,24). The zero-order chi connectivity index (χ0) is 19.1. The first-order chi connectivity index (χ1) is 12.2. The molecular formula is C16H13F3N2O5. The third-order valence-electron chi connectivity index (χ3n) is 4.23. The molecule has 0 aliphatic carbocycles. The summed E-state index contributed by atoms with van der Waals surface area (Å²) in [7, 11) is 0.960. The molecule has 0 spiro atoms. The predicted molar refractivity (Wildman–Crippen MR) is 80.1 cm³/mol. The van der Waals surface area contributed by atoms with Crippen LogP contribution in [0.5, 0.6) is 0 Å². The molecule has 0 bridgehead atoms. The summed E-state index contributed by atoms with van der Waals surface area (Å²) in [5.74, 6) is -7.58. The third kappa shape index (κ3) is 2.71. The van der Waals surface area contributed by atoms with Gasteiger partial charge in [0.2, 0.25) is 5.89 Å². The minimum atomic E-state index is -4.15. The van der Waals surface area contributed by atoms with Crippen LogP contribution in [-0.4, -0.2) is 58.6 Å². The molecule has 1 aromatic heterocycles. The van der Waals surface area contributed by atoms with Gasteiger partial charge in [-0.05, 0) is 24.3 Å². The fourth-order valence-corrected chi connectivity index (χ4v) is 2.62. The van der Waals surface area contributed by atoms with E-state index in [1.807, 2.05) is 0 Å². The van der Waals surface area contributed by atoms with Crippen molar-refractivity contribution in [3.05, 3.63) is 42.0 Å². The van der Waals surface area contributed by atoms with Crippen LogP contribution in [0.2, 0.25) is 0 Å². The lowest BCUT2D eigenvalue weighted by Gasteiger charge is -2.50. The number of aliphatic carboxylic acids is 1. The van der Waals surface area contributed by atoms with Gasteiger partial charge in [0.05, 0.1) is 13.1 Å². The van der Waals surface area contributed by atoms with Crippen LogP contribution in [0.1, 0.15) is 10.5 Å². The number of carbonyl (C=O) groups is 2. The zero-order valence-corrected chi connectivity index (χ0v) is 13.4. The van der Waals surface area contributed by atoms with Gasteiger partial charge >= 0.3 is 11.9 Å². The second-order valence-corrected chi connectivity index (χ2v) is 5.78. The lowest BCUT2D eigenvalue weighted by atomic mass is 9.86. The molecular weight excluding hydrogens is 357 g/mol. The summed E-state index contributed by atoms with van der Waals surface area (Å²) >= 11 is 0. The molecule has 0 radical (unpaired) electrons. The number of oxazole rings is 1. The molecule has 10 heteroatoms. The van der Waals surface area contributed by atoms with Gasteiger partial charge in [-0.1, -0.05) is 0 Å². The van der Waals surface area contributed by atoms with E-state index in [2.05, 4.69) is 4.98 Å². The number of alkyl halides is 2. The predicted octanol–water partition coefficient (Wildman–Crippen LogP) is 2.04. The Hall–Kier alpha value is -2.88. The number of methoxy groups -OCH3 is 1. The summed E-state index contributed by atoms with van der Waals surface area (Å²) < 4.78 is 50.4. The number of hydrogen-bond acceptors (Lipinski definition) is 5. The van der Waals surface area contributed by atoms with Crippen LogP contribution in [0.3, 0.4) is 0 Å². The second-order valence-electron chi connectivity index (χ2n) is 5.78. The molecule has 1 saturated heterocycles. The van der Waals surface area contributed by atoms with Gasteiger partial charge in [-0.2, -0.15) is 8.78 Å². The van der Waals surface area contributed by atoms with E-state index in [1.54, 1.807) is 0 Å². The maximum atomic E-state index is 13.8. The van der Waals surface area contributed by atoms with E-state index in [4.69, 9.17) is 14.3 Å². The SMILES string of the molecule is COC1(C(F)(F)C(=O)O)CN(C(=O)c2coc(-c3ccc(F)cc3)n2)C1. The van der Waals surface area contributed by atoms with Gasteiger partial charge < -0.3 is 19.2 Å². The van der Waals surface area contributed by atoms with E-state index in [0.717, 1.165) is 18.3 Å². The average Bonchev–Trinajstić information content (AvgIpc) is 3.04. The van der Waals surface area contributed by atoms with Crippen LogP contribution in [0, 0.1) is 5.82 Å². The summed E-state index contributed by atoms with van der Waals surface area (Å²) in [6.45, 7) is -1.22. The van der Waals surface area contributed by atoms with Crippen molar-refractivity contribution >= 4 is 11.9 Å². The topological polar surface area (TPSA) is 92.9 Å². The Morgan fingerprint density at radius 1 is 1.31 bits per heavy atom. The maximum absolute atomic E-state index is 13.8. The van der Waals surface area contributed by atoms with E-state index in [9.17, 15) is 22.8 Å². The van der Waals surface area contributed by atoms with E-state index in [-0.39, 0.29) is 11.6 Å². The maximum Gasteiger partial charge on any atom is 0.377 e. The number of amides is 1. The highest BCUT2D eigenvalue weighted by molar-refractivity contribution is 5.93. The summed E-state index contributed by atoms with van der Waals surface area (Å²) in [5, 5.41) is 8.68. The van der Waals surface area contributed by atoms with Gasteiger partial charge in [-0.3, -0.25) is 4.79 Å². The Morgan fingerprint density at radius 3 is 2.46 bits per heavy atom. The Labute approximate surface area is 145 Å². The second kappa shape index (κ2) is 6.13. The highest BCUT2D eigenvalue weighted by Crippen LogP contribution is 2.40. The molecule has 3 rings (SSSR count). The number of carboxylic acids is 1. The Balaban J connectivity index is 1.74. The van der Waals surface area contributed by atoms with Crippen molar-refractivity contribution in [2.45, 2.75) is 11.5 Å². The molecule has 2 aromatic rings. The van der Waals surface area contributed by atoms with Crippen LogP contribution in [0.4, 0.5) is 13.2 Å². The number of carbonyl (C=O) groups excluding carboxylic acids is 1. The van der Waals surface area contributed by atoms with Gasteiger partial charge in [-0.25, -0.2) is 14.2 Å². The van der Waals surface area contributed by atoms with Crippen LogP contribution >= 0.6 is 0 Å². The molecule has 7 nitrogen and oxygen atoms in total. The van der Waals surface area contributed by atoms with Gasteiger partial charge in [0.25, 0.3) is 5.91 Å². The molecule has 1 aliphatic heterocycles. The molecule has 138 valence electrons. The minimum Gasteiger partial charge on any atom is -0.477 e. The van der Waals surface area contributed by atoms with Crippen molar-refractivity contribution in [2.24, 2.45) is 0 Å². The molecule has 0 atom stereocenters. The molecule has 26 heavy (non-hydrogen) atoms. The molecule has 1 N–H and O–H groups in total. The highest BCUT2D eigenvalue weighted by Gasteiger charge is 2.67. The molecule has 1 fully saturated rings. The molecule has 0 saturated carbocycles. The van der Waals surface area contributed by atoms with Crippen LogP contribution in [-0.2, 0) is 9.53 Å². The summed E-state index contributed by atoms with van der Waals surface area (Å²) in [6, 6.07) is 5.19. The van der Waals surface area contributed by atoms with E-state index < -0.39 is 42.3 Å². The van der Waals surface area contributed by atoms with Gasteiger partial charge in [0, 0.05) is 12.7 Å². The number of benzene rings is 1. The third-order valence-corrected chi connectivity index (χ3v) is 4.23. The number of nitrogens with zero attached hydrogens (tertiary/aromatic N) is 2. The van der Waals surface area contributed by atoms with Gasteiger partial charge in [-0.15, -0.1) is 0 Å². The normalized spacial score (nSPS) is 16.2. The largest absolute Gasteiger partial charge is 0.477 e. The molecule has 1 aromatic carbocycles. The summed E-state index contributed by atoms with van der Waals surface area (Å²) in [6.07, 6.45) is 1.04. The number of halogens is 3. The van der Waals surface area contributed by atoms with E-state index >= 15 is 0 Å². The lowest BCUT2D eigenvalue weighted by molar-refractivity contribution is -0.248. The fourth-order valence-electron chi connectivity index (χ4n) is 2.62. The van der Waals surface area contributed by atoms with Crippen molar-refractivity contribution in [3.8, 4) is 11.5 Å². The fraction of sp³-hybridized carbons (Fsp3) is 0.312. The van der Waals surface area contributed by atoms with Crippen molar-refractivity contribution in [3.63, 3.8) is 0 Å². The first kappa shape index (κ1) is 17.9. The zero-order valence-electron chi connectivity index (χ0n) is 13.4. The number of ether oxygens (including phenoxy) is 1. The monoisotopic (exact) mass is 370 g/mol. The first-order valence-corrected chi connectivity index (χ1v) is 7.37. The highest BCUT2D eigenvalue weighted by atomic mass is 19.3. The molecule has 1 amide bonds. The van der Waals surface area contributed by atoms with E-state index in [0.29, 0.717) is 5.56 Å². The summed E-state index contributed by atoms with van der Waals surface area (Å²) in [5.41, 5.74) is -2.01. The average molecular weight is 370 g/mol. The number of hydrogen-bond donors (Lipinski definition) is 1. The number of carboxylic acid groups (broad SMARTS) is 1.